The van der Waals surface area contributed by atoms with Crippen LogP contribution in [0.5, 0.6) is 0 Å². The Balaban J connectivity index is 2.47. The first-order valence-electron chi connectivity index (χ1n) is 6.01. The minimum atomic E-state index is -0.448. The van der Waals surface area contributed by atoms with Crippen molar-refractivity contribution in [3.8, 4) is 0 Å². The van der Waals surface area contributed by atoms with Crippen molar-refractivity contribution in [3.05, 3.63) is 52.1 Å². The van der Waals surface area contributed by atoms with Gasteiger partial charge in [0.25, 0.3) is 0 Å². The van der Waals surface area contributed by atoms with Crippen LogP contribution in [-0.4, -0.2) is 9.55 Å². The normalized spacial score (nSPS) is 11.8. The summed E-state index contributed by atoms with van der Waals surface area (Å²) < 4.78 is 29.2. The number of hydrogen-bond acceptors (Lipinski definition) is 1. The van der Waals surface area contributed by atoms with Crippen molar-refractivity contribution in [2.45, 2.75) is 32.7 Å². The number of halogens is 2. The van der Waals surface area contributed by atoms with Crippen LogP contribution in [0.4, 0.5) is 8.78 Å². The fraction of sp³-hybridized carbons (Fsp3) is 0.357. The molecule has 19 heavy (non-hydrogen) atoms. The second-order valence-electron chi connectivity index (χ2n) is 5.55. The maximum atomic E-state index is 13.7. The van der Waals surface area contributed by atoms with Gasteiger partial charge in [0.2, 0.25) is 0 Å². The van der Waals surface area contributed by atoms with E-state index in [-0.39, 0.29) is 12.0 Å². The van der Waals surface area contributed by atoms with Gasteiger partial charge in [0.15, 0.2) is 4.77 Å². The molecule has 1 aromatic heterocycles. The molecule has 2 rings (SSSR count). The molecule has 0 saturated carbocycles. The van der Waals surface area contributed by atoms with Gasteiger partial charge in [-0.2, -0.15) is 0 Å². The quantitative estimate of drug-likeness (QED) is 0.820. The molecule has 0 fully saturated rings. The van der Waals surface area contributed by atoms with Gasteiger partial charge >= 0.3 is 0 Å². The topological polar surface area (TPSA) is 20.7 Å². The van der Waals surface area contributed by atoms with Gasteiger partial charge in [-0.1, -0.05) is 20.8 Å². The van der Waals surface area contributed by atoms with Crippen LogP contribution in [0.2, 0.25) is 0 Å². The molecule has 0 aliphatic rings. The third kappa shape index (κ3) is 2.92. The predicted octanol–water partition coefficient (Wildman–Crippen LogP) is 4.17. The van der Waals surface area contributed by atoms with Gasteiger partial charge in [0.1, 0.15) is 11.6 Å². The van der Waals surface area contributed by atoms with E-state index in [9.17, 15) is 8.78 Å². The molecule has 0 unspecified atom stereocenters. The summed E-state index contributed by atoms with van der Waals surface area (Å²) in [6.45, 7) is 6.36. The van der Waals surface area contributed by atoms with Gasteiger partial charge in [-0.25, -0.2) is 8.78 Å². The zero-order valence-electron chi connectivity index (χ0n) is 11.1. The first-order valence-corrected chi connectivity index (χ1v) is 6.42. The number of aromatic nitrogens is 2. The van der Waals surface area contributed by atoms with Gasteiger partial charge in [0.05, 0.1) is 6.54 Å². The first-order chi connectivity index (χ1) is 8.79. The highest BCUT2D eigenvalue weighted by atomic mass is 32.1. The summed E-state index contributed by atoms with van der Waals surface area (Å²) in [5, 5.41) is 0. The summed E-state index contributed by atoms with van der Waals surface area (Å²) >= 11 is 5.21. The number of aromatic amines is 1. The Morgan fingerprint density at radius 3 is 2.58 bits per heavy atom. The monoisotopic (exact) mass is 282 g/mol. The zero-order valence-corrected chi connectivity index (χ0v) is 11.9. The van der Waals surface area contributed by atoms with Crippen LogP contribution in [0.1, 0.15) is 32.0 Å². The summed E-state index contributed by atoms with van der Waals surface area (Å²) in [6.07, 6.45) is 1.82. The van der Waals surface area contributed by atoms with Gasteiger partial charge in [0, 0.05) is 22.9 Å². The predicted molar refractivity (Wildman–Crippen MR) is 73.8 cm³/mol. The van der Waals surface area contributed by atoms with E-state index < -0.39 is 11.6 Å². The second kappa shape index (κ2) is 4.89. The molecule has 0 spiro atoms. The smallest absolute Gasteiger partial charge is 0.177 e. The Morgan fingerprint density at radius 1 is 1.26 bits per heavy atom. The summed E-state index contributed by atoms with van der Waals surface area (Å²) in [5.41, 5.74) is 1.12. The van der Waals surface area contributed by atoms with Gasteiger partial charge in [-0.15, -0.1) is 0 Å². The van der Waals surface area contributed by atoms with Crippen LogP contribution >= 0.6 is 12.2 Å². The Hall–Kier alpha value is -1.49. The lowest BCUT2D eigenvalue weighted by molar-refractivity contribution is 0.518. The average molecular weight is 282 g/mol. The van der Waals surface area contributed by atoms with E-state index in [0.29, 0.717) is 10.3 Å². The van der Waals surface area contributed by atoms with Crippen LogP contribution in [0, 0.1) is 16.4 Å². The molecule has 0 atom stereocenters. The molecule has 2 nitrogen and oxygen atoms in total. The average Bonchev–Trinajstić information content (AvgIpc) is 2.65. The van der Waals surface area contributed by atoms with Crippen molar-refractivity contribution in [1.82, 2.24) is 9.55 Å². The zero-order chi connectivity index (χ0) is 14.2. The van der Waals surface area contributed by atoms with E-state index in [4.69, 9.17) is 12.2 Å². The van der Waals surface area contributed by atoms with Crippen LogP contribution < -0.4 is 0 Å². The molecule has 0 saturated heterocycles. The summed E-state index contributed by atoms with van der Waals surface area (Å²) in [6, 6.07) is 3.45. The maximum absolute atomic E-state index is 13.7. The van der Waals surface area contributed by atoms with Gasteiger partial charge < -0.3 is 9.55 Å². The molecule has 0 radical (unpaired) electrons. The standard InChI is InChI=1S/C14H16F2N2S/c1-14(2,3)12-7-17-13(19)18(12)8-9-6-10(15)4-5-11(9)16/h4-7H,8H2,1-3H3,(H,17,19). The van der Waals surface area contributed by atoms with Crippen molar-refractivity contribution in [2.24, 2.45) is 0 Å². The third-order valence-corrected chi connectivity index (χ3v) is 3.31. The number of benzene rings is 1. The number of imidazole rings is 1. The van der Waals surface area contributed by atoms with Crippen LogP contribution in [0.25, 0.3) is 0 Å². The summed E-state index contributed by atoms with van der Waals surface area (Å²) in [4.78, 5) is 2.96. The largest absolute Gasteiger partial charge is 0.337 e. The lowest BCUT2D eigenvalue weighted by Crippen LogP contribution is -2.18. The van der Waals surface area contributed by atoms with Crippen molar-refractivity contribution >= 4 is 12.2 Å². The molecule has 1 heterocycles. The van der Waals surface area contributed by atoms with E-state index >= 15 is 0 Å². The number of nitrogens with one attached hydrogen (secondary N) is 1. The second-order valence-corrected chi connectivity index (χ2v) is 5.94. The lowest BCUT2D eigenvalue weighted by atomic mass is 9.92. The molecule has 1 N–H and O–H groups in total. The molecule has 0 bridgehead atoms. The molecular weight excluding hydrogens is 266 g/mol. The molecule has 2 aromatic rings. The van der Waals surface area contributed by atoms with E-state index in [2.05, 4.69) is 4.98 Å². The van der Waals surface area contributed by atoms with Crippen LogP contribution in [0.15, 0.2) is 24.4 Å². The van der Waals surface area contributed by atoms with Crippen molar-refractivity contribution in [1.29, 1.82) is 0 Å². The SMILES string of the molecule is CC(C)(C)c1c[nH]c(=S)n1Cc1cc(F)ccc1F. The van der Waals surface area contributed by atoms with E-state index in [1.807, 2.05) is 27.0 Å². The summed E-state index contributed by atoms with van der Waals surface area (Å²) in [7, 11) is 0. The van der Waals surface area contributed by atoms with Crippen LogP contribution in [-0.2, 0) is 12.0 Å². The Kier molecular flexibility index (Phi) is 3.58. The van der Waals surface area contributed by atoms with E-state index in [1.165, 1.54) is 6.07 Å². The number of H-pyrrole nitrogens is 1. The van der Waals surface area contributed by atoms with Crippen molar-refractivity contribution in [2.75, 3.05) is 0 Å². The molecule has 0 aliphatic carbocycles. The van der Waals surface area contributed by atoms with Gasteiger partial charge in [-0.3, -0.25) is 0 Å². The molecule has 0 amide bonds. The molecular formula is C14H16F2N2S. The Labute approximate surface area is 116 Å². The Bertz CT molecular complexity index is 650. The van der Waals surface area contributed by atoms with Gasteiger partial charge in [-0.05, 0) is 30.4 Å². The highest BCUT2D eigenvalue weighted by molar-refractivity contribution is 7.71. The minimum absolute atomic E-state index is 0.128. The maximum Gasteiger partial charge on any atom is 0.177 e. The van der Waals surface area contributed by atoms with Crippen LogP contribution in [0.3, 0.4) is 0 Å². The fourth-order valence-electron chi connectivity index (χ4n) is 2.01. The number of nitrogens with zero attached hydrogens (tertiary/aromatic N) is 1. The van der Waals surface area contributed by atoms with Crippen molar-refractivity contribution < 1.29 is 8.78 Å². The summed E-state index contributed by atoms with van der Waals surface area (Å²) in [5.74, 6) is -0.875. The number of rotatable bonds is 2. The lowest BCUT2D eigenvalue weighted by Gasteiger charge is -2.21. The van der Waals surface area contributed by atoms with E-state index in [0.717, 1.165) is 17.8 Å². The molecule has 1 aromatic carbocycles. The highest BCUT2D eigenvalue weighted by Crippen LogP contribution is 2.23. The minimum Gasteiger partial charge on any atom is -0.337 e. The highest BCUT2D eigenvalue weighted by Gasteiger charge is 2.20. The van der Waals surface area contributed by atoms with E-state index in [1.54, 1.807) is 4.57 Å². The number of hydrogen-bond donors (Lipinski definition) is 1. The Morgan fingerprint density at radius 2 is 1.95 bits per heavy atom. The van der Waals surface area contributed by atoms with Crippen molar-refractivity contribution in [3.63, 3.8) is 0 Å². The molecule has 0 aliphatic heterocycles. The third-order valence-electron chi connectivity index (χ3n) is 2.97. The molecule has 5 heteroatoms. The fourth-order valence-corrected chi connectivity index (χ4v) is 2.23. The first kappa shape index (κ1) is 13.9. The molecule has 102 valence electrons.